The molecule has 0 radical (unpaired) electrons. The smallest absolute Gasteiger partial charge is 0.328 e. The number of hydrogen-bond acceptors (Lipinski definition) is 13. The second kappa shape index (κ2) is 17.9. The van der Waals surface area contributed by atoms with Crippen LogP contribution in [0.5, 0.6) is 11.5 Å². The van der Waals surface area contributed by atoms with E-state index in [1.54, 1.807) is 23.2 Å². The Bertz CT molecular complexity index is 2510. The number of phenols is 1. The molecule has 17 heteroatoms. The lowest BCUT2D eigenvalue weighted by Crippen LogP contribution is -2.54. The van der Waals surface area contributed by atoms with E-state index in [1.165, 1.54) is 6.07 Å². The number of amides is 3. The van der Waals surface area contributed by atoms with Gasteiger partial charge in [0.05, 0.1) is 23.3 Å². The third-order valence-corrected chi connectivity index (χ3v) is 14.1. The molecule has 5 aromatic rings. The van der Waals surface area contributed by atoms with Crippen LogP contribution in [0.4, 0.5) is 32.1 Å². The second-order valence-corrected chi connectivity index (χ2v) is 18.0. The summed E-state index contributed by atoms with van der Waals surface area (Å²) in [6.45, 7) is 13.2. The predicted octanol–water partition coefficient (Wildman–Crippen LogP) is 4.87. The first kappa shape index (κ1) is 41.9. The monoisotopic (exact) mass is 872 g/mol. The minimum atomic E-state index is -0.394. The lowest BCUT2D eigenvalue weighted by Gasteiger charge is -2.43. The zero-order valence-electron chi connectivity index (χ0n) is 36.4. The number of nitrogens with one attached hydrogen (secondary N) is 1. The number of aromatic nitrogens is 4. The first-order chi connectivity index (χ1) is 31.1. The number of phenolic OH excluding ortho intramolecular Hbond substituents is 1. The number of piperazine rings is 2. The van der Waals surface area contributed by atoms with Gasteiger partial charge in [-0.3, -0.25) is 24.8 Å². The van der Waals surface area contributed by atoms with E-state index in [1.807, 2.05) is 36.4 Å². The standard InChI is InChI=1S/C47H57FN12O4/c1-31-28-59(46-38(31)24-36(27-50-46)58-15-12-44(62)51-47(58)63)32-10-13-54(14-11-32)16-17-55-18-20-56(21-19-55)22-23-64-43-25-33(8-9-39(43)48)60-34-6-7-35(60)30-57(29-34)41-26-40(52-53-45(41)49)37-4-2-3-5-42(37)61/h2-5,8-9,24-28,32,34-35,61H,6-7,10-23,29-30H2,1H3,(H2,49,53)(H,51,62,63). The number of nitrogens with two attached hydrogens (primary N) is 1. The Morgan fingerprint density at radius 2 is 1.55 bits per heavy atom. The molecule has 2 atom stereocenters. The van der Waals surface area contributed by atoms with Gasteiger partial charge in [-0.2, -0.15) is 0 Å². The Labute approximate surface area is 372 Å². The normalized spacial score (nSPS) is 21.6. The number of aromatic hydroxyl groups is 1. The molecular formula is C47H57FN12O4. The van der Waals surface area contributed by atoms with Gasteiger partial charge in [0.15, 0.2) is 17.4 Å². The molecule has 2 bridgehead atoms. The number of aryl methyl sites for hydroxylation is 1. The molecule has 2 aromatic carbocycles. The van der Waals surface area contributed by atoms with Gasteiger partial charge in [-0.25, -0.2) is 14.2 Å². The van der Waals surface area contributed by atoms with Crippen molar-refractivity contribution < 1.29 is 23.8 Å². The van der Waals surface area contributed by atoms with Gasteiger partial charge in [0.25, 0.3) is 0 Å². The fourth-order valence-electron chi connectivity index (χ4n) is 10.5. The van der Waals surface area contributed by atoms with E-state index in [4.69, 9.17) is 15.5 Å². The number of fused-ring (bicyclic) bond motifs is 3. The van der Waals surface area contributed by atoms with E-state index >= 15 is 4.39 Å². The third-order valence-electron chi connectivity index (χ3n) is 14.1. The highest BCUT2D eigenvalue weighted by Gasteiger charge is 2.41. The summed E-state index contributed by atoms with van der Waals surface area (Å²) in [4.78, 5) is 42.7. The number of anilines is 4. The molecule has 5 aliphatic heterocycles. The SMILES string of the molecule is Cc1cn(C2CCN(CCN3CCN(CCOc4cc(N5C6CCC5CN(c5cc(-c7ccccc7O)nnc5N)C6)ccc4F)CC3)CC2)c2ncc(N3CCC(=O)NC3=O)cc12. The Morgan fingerprint density at radius 3 is 2.28 bits per heavy atom. The van der Waals surface area contributed by atoms with Crippen molar-refractivity contribution in [1.82, 2.24) is 39.8 Å². The molecule has 5 saturated heterocycles. The Balaban J connectivity index is 0.665. The molecule has 3 amide bonds. The van der Waals surface area contributed by atoms with Crippen molar-refractivity contribution in [3.63, 3.8) is 0 Å². The van der Waals surface area contributed by atoms with Gasteiger partial charge in [-0.05, 0) is 74.6 Å². The molecule has 3 aromatic heterocycles. The van der Waals surface area contributed by atoms with Gasteiger partial charge in [0.1, 0.15) is 18.0 Å². The molecule has 336 valence electrons. The number of piperidine rings is 1. The highest BCUT2D eigenvalue weighted by atomic mass is 19.1. The maximum absolute atomic E-state index is 15.2. The van der Waals surface area contributed by atoms with Crippen LogP contribution in [-0.2, 0) is 4.79 Å². The number of urea groups is 1. The number of carbonyl (C=O) groups is 2. The summed E-state index contributed by atoms with van der Waals surface area (Å²) in [5.74, 6) is 0.218. The quantitative estimate of drug-likeness (QED) is 0.156. The zero-order valence-corrected chi connectivity index (χ0v) is 36.4. The molecule has 0 aliphatic carbocycles. The number of likely N-dealkylation sites (tertiary alicyclic amines) is 1. The van der Waals surface area contributed by atoms with Crippen molar-refractivity contribution >= 4 is 45.9 Å². The summed E-state index contributed by atoms with van der Waals surface area (Å²) >= 11 is 0. The third kappa shape index (κ3) is 8.51. The molecule has 16 nitrogen and oxygen atoms in total. The minimum absolute atomic E-state index is 0.146. The largest absolute Gasteiger partial charge is 0.507 e. The molecule has 2 unspecified atom stereocenters. The molecule has 0 saturated carbocycles. The molecule has 64 heavy (non-hydrogen) atoms. The number of nitrogen functional groups attached to an aromatic ring is 1. The van der Waals surface area contributed by atoms with Crippen molar-refractivity contribution in [2.45, 2.75) is 57.2 Å². The van der Waals surface area contributed by atoms with Crippen LogP contribution in [-0.4, -0.2) is 149 Å². The fourth-order valence-corrected chi connectivity index (χ4v) is 10.5. The highest BCUT2D eigenvalue weighted by Crippen LogP contribution is 2.40. The number of nitrogens with zero attached hydrogens (tertiary/aromatic N) is 10. The molecular weight excluding hydrogens is 816 g/mol. The lowest BCUT2D eigenvalue weighted by molar-refractivity contribution is -0.120. The van der Waals surface area contributed by atoms with Gasteiger partial charge < -0.3 is 34.8 Å². The van der Waals surface area contributed by atoms with Crippen LogP contribution in [0.3, 0.4) is 0 Å². The van der Waals surface area contributed by atoms with E-state index in [-0.39, 0.29) is 36.0 Å². The van der Waals surface area contributed by atoms with Crippen LogP contribution >= 0.6 is 0 Å². The van der Waals surface area contributed by atoms with Crippen molar-refractivity contribution in [1.29, 1.82) is 0 Å². The van der Waals surface area contributed by atoms with Crippen LogP contribution in [0, 0.1) is 12.7 Å². The van der Waals surface area contributed by atoms with Crippen LogP contribution in [0.15, 0.2) is 67.0 Å². The summed E-state index contributed by atoms with van der Waals surface area (Å²) in [6.07, 6.45) is 8.38. The lowest BCUT2D eigenvalue weighted by atomic mass is 10.0. The summed E-state index contributed by atoms with van der Waals surface area (Å²) in [5.41, 5.74) is 12.1. The summed E-state index contributed by atoms with van der Waals surface area (Å²) < 4.78 is 23.6. The minimum Gasteiger partial charge on any atom is -0.507 e. The number of pyridine rings is 1. The summed E-state index contributed by atoms with van der Waals surface area (Å²) in [7, 11) is 0. The zero-order chi connectivity index (χ0) is 43.9. The van der Waals surface area contributed by atoms with Crippen molar-refractivity contribution in [3.05, 3.63) is 78.4 Å². The average Bonchev–Trinajstić information content (AvgIpc) is 3.77. The number of carbonyl (C=O) groups excluding carboxylic acids is 2. The topological polar surface area (TPSA) is 165 Å². The second-order valence-electron chi connectivity index (χ2n) is 18.0. The van der Waals surface area contributed by atoms with Crippen LogP contribution in [0.25, 0.3) is 22.3 Å². The maximum atomic E-state index is 15.2. The fraction of sp³-hybridized carbons (Fsp3) is 0.468. The van der Waals surface area contributed by atoms with Gasteiger partial charge in [-0.15, -0.1) is 10.2 Å². The van der Waals surface area contributed by atoms with Crippen molar-refractivity contribution in [3.8, 4) is 22.8 Å². The van der Waals surface area contributed by atoms with Gasteiger partial charge in [-0.1, -0.05) is 12.1 Å². The Kier molecular flexibility index (Phi) is 11.7. The predicted molar refractivity (Wildman–Crippen MR) is 245 cm³/mol. The molecule has 10 rings (SSSR count). The number of rotatable bonds is 12. The van der Waals surface area contributed by atoms with E-state index in [0.717, 1.165) is 126 Å². The molecule has 0 spiro atoms. The number of benzene rings is 2. The number of ether oxygens (including phenoxy) is 1. The summed E-state index contributed by atoms with van der Waals surface area (Å²) in [5, 5.41) is 22.4. The van der Waals surface area contributed by atoms with Crippen molar-refractivity contribution in [2.24, 2.45) is 0 Å². The molecule has 5 aliphatic rings. The van der Waals surface area contributed by atoms with E-state index < -0.39 is 6.03 Å². The number of halogens is 1. The highest BCUT2D eigenvalue weighted by molar-refractivity contribution is 6.06. The first-order valence-electron chi connectivity index (χ1n) is 22.8. The molecule has 5 fully saturated rings. The number of hydrogen-bond donors (Lipinski definition) is 3. The number of imide groups is 1. The van der Waals surface area contributed by atoms with E-state index in [0.29, 0.717) is 47.7 Å². The van der Waals surface area contributed by atoms with Crippen LogP contribution in [0.2, 0.25) is 0 Å². The maximum Gasteiger partial charge on any atom is 0.328 e. The first-order valence-corrected chi connectivity index (χ1v) is 22.8. The van der Waals surface area contributed by atoms with Crippen LogP contribution < -0.4 is 30.5 Å². The average molecular weight is 873 g/mol. The van der Waals surface area contributed by atoms with Crippen LogP contribution in [0.1, 0.15) is 43.7 Å². The Hall–Kier alpha value is -6.04. The summed E-state index contributed by atoms with van der Waals surface area (Å²) in [6, 6.07) is 16.7. The molecule has 4 N–H and O–H groups in total. The number of para-hydroxylation sites is 1. The van der Waals surface area contributed by atoms with Gasteiger partial charge in [0, 0.05) is 132 Å². The van der Waals surface area contributed by atoms with Crippen molar-refractivity contribution in [2.75, 3.05) is 106 Å². The van der Waals surface area contributed by atoms with E-state index in [9.17, 15) is 14.7 Å². The Morgan fingerprint density at radius 1 is 0.828 bits per heavy atom. The van der Waals surface area contributed by atoms with Gasteiger partial charge in [0.2, 0.25) is 5.91 Å². The van der Waals surface area contributed by atoms with E-state index in [2.05, 4.69) is 57.7 Å². The van der Waals surface area contributed by atoms with Gasteiger partial charge >= 0.3 is 6.03 Å². The molecule has 8 heterocycles.